The van der Waals surface area contributed by atoms with Crippen LogP contribution in [0.1, 0.15) is 19.8 Å². The molecule has 14 heavy (non-hydrogen) atoms. The first kappa shape index (κ1) is 12.0. The predicted octanol–water partition coefficient (Wildman–Crippen LogP) is 0.953. The van der Waals surface area contributed by atoms with Crippen molar-refractivity contribution in [2.24, 2.45) is 5.92 Å². The zero-order chi connectivity index (χ0) is 10.4. The van der Waals surface area contributed by atoms with Gasteiger partial charge in [0.1, 0.15) is 0 Å². The van der Waals surface area contributed by atoms with Gasteiger partial charge in [-0.1, -0.05) is 6.92 Å². The minimum atomic E-state index is 0.734. The number of nitrogens with zero attached hydrogens (tertiary/aromatic N) is 1. The molecule has 0 aliphatic heterocycles. The van der Waals surface area contributed by atoms with Gasteiger partial charge in [0.25, 0.3) is 0 Å². The van der Waals surface area contributed by atoms with Crippen molar-refractivity contribution in [1.82, 2.24) is 10.2 Å². The maximum atomic E-state index is 5.04. The summed E-state index contributed by atoms with van der Waals surface area (Å²) in [6, 6.07) is 0.835. The van der Waals surface area contributed by atoms with Crippen molar-refractivity contribution < 1.29 is 4.74 Å². The van der Waals surface area contributed by atoms with Crippen molar-refractivity contribution in [3.8, 4) is 0 Å². The molecule has 0 bridgehead atoms. The molecule has 0 spiro atoms. The molecule has 0 heterocycles. The lowest BCUT2D eigenvalue weighted by atomic mass is 10.1. The second-order valence-corrected chi connectivity index (χ2v) is 4.54. The molecule has 1 aliphatic rings. The van der Waals surface area contributed by atoms with Gasteiger partial charge in [-0.2, -0.15) is 0 Å². The fraction of sp³-hybridized carbons (Fsp3) is 1.00. The summed E-state index contributed by atoms with van der Waals surface area (Å²) in [5.74, 6) is 0.734. The van der Waals surface area contributed by atoms with E-state index >= 15 is 0 Å². The van der Waals surface area contributed by atoms with Gasteiger partial charge >= 0.3 is 0 Å². The van der Waals surface area contributed by atoms with Gasteiger partial charge in [-0.15, -0.1) is 0 Å². The Morgan fingerprint density at radius 1 is 1.50 bits per heavy atom. The van der Waals surface area contributed by atoms with Crippen LogP contribution in [-0.4, -0.2) is 51.3 Å². The minimum Gasteiger partial charge on any atom is -0.383 e. The van der Waals surface area contributed by atoms with Gasteiger partial charge in [0.2, 0.25) is 0 Å². The van der Waals surface area contributed by atoms with E-state index in [-0.39, 0.29) is 0 Å². The normalized spacial score (nSPS) is 18.9. The third-order valence-corrected chi connectivity index (χ3v) is 2.63. The van der Waals surface area contributed by atoms with Gasteiger partial charge < -0.3 is 15.0 Å². The smallest absolute Gasteiger partial charge is 0.0589 e. The fourth-order valence-corrected chi connectivity index (χ4v) is 1.59. The highest BCUT2D eigenvalue weighted by Crippen LogP contribution is 2.18. The van der Waals surface area contributed by atoms with Gasteiger partial charge in [-0.05, 0) is 32.4 Å². The molecule has 0 radical (unpaired) electrons. The second-order valence-electron chi connectivity index (χ2n) is 4.54. The lowest BCUT2D eigenvalue weighted by Crippen LogP contribution is -2.33. The number of hydrogen-bond donors (Lipinski definition) is 1. The zero-order valence-electron chi connectivity index (χ0n) is 9.75. The molecular formula is C11H24N2O. The van der Waals surface area contributed by atoms with E-state index in [2.05, 4.69) is 24.2 Å². The number of nitrogens with one attached hydrogen (secondary N) is 1. The fourth-order valence-electron chi connectivity index (χ4n) is 1.59. The van der Waals surface area contributed by atoms with Crippen LogP contribution in [-0.2, 0) is 4.74 Å². The number of methoxy groups -OCH3 is 1. The summed E-state index contributed by atoms with van der Waals surface area (Å²) >= 11 is 0. The Morgan fingerprint density at radius 3 is 2.79 bits per heavy atom. The Morgan fingerprint density at radius 2 is 2.21 bits per heavy atom. The van der Waals surface area contributed by atoms with E-state index in [0.29, 0.717) is 0 Å². The van der Waals surface area contributed by atoms with Crippen LogP contribution < -0.4 is 5.32 Å². The van der Waals surface area contributed by atoms with E-state index < -0.39 is 0 Å². The molecule has 1 saturated carbocycles. The van der Waals surface area contributed by atoms with Crippen molar-refractivity contribution >= 4 is 0 Å². The van der Waals surface area contributed by atoms with Gasteiger partial charge in [-0.3, -0.25) is 0 Å². The number of likely N-dealkylation sites (N-methyl/N-ethyl adjacent to an activating group) is 1. The third-order valence-electron chi connectivity index (χ3n) is 2.63. The molecule has 1 N–H and O–H groups in total. The molecule has 0 saturated heterocycles. The number of ether oxygens (including phenoxy) is 1. The van der Waals surface area contributed by atoms with Gasteiger partial charge in [0, 0.05) is 26.2 Å². The Bertz CT molecular complexity index is 148. The average molecular weight is 200 g/mol. The Hall–Kier alpha value is -0.120. The topological polar surface area (TPSA) is 24.5 Å². The molecular weight excluding hydrogens is 176 g/mol. The van der Waals surface area contributed by atoms with Crippen molar-refractivity contribution in [1.29, 1.82) is 0 Å². The Balaban J connectivity index is 1.96. The van der Waals surface area contributed by atoms with Crippen LogP contribution in [0.4, 0.5) is 0 Å². The summed E-state index contributed by atoms with van der Waals surface area (Å²) in [6.07, 6.45) is 2.76. The predicted molar refractivity (Wildman–Crippen MR) is 59.6 cm³/mol. The van der Waals surface area contributed by atoms with Crippen LogP contribution in [0.2, 0.25) is 0 Å². The molecule has 1 atom stereocenters. The van der Waals surface area contributed by atoms with E-state index in [4.69, 9.17) is 4.74 Å². The first-order valence-corrected chi connectivity index (χ1v) is 5.63. The van der Waals surface area contributed by atoms with Crippen molar-refractivity contribution in [2.75, 3.05) is 40.4 Å². The molecule has 0 aromatic carbocycles. The molecule has 3 nitrogen and oxygen atoms in total. The van der Waals surface area contributed by atoms with E-state index in [1.165, 1.54) is 12.8 Å². The Kier molecular flexibility index (Phi) is 5.45. The van der Waals surface area contributed by atoms with Crippen LogP contribution >= 0.6 is 0 Å². The summed E-state index contributed by atoms with van der Waals surface area (Å²) < 4.78 is 5.04. The monoisotopic (exact) mass is 200 g/mol. The first-order valence-electron chi connectivity index (χ1n) is 5.63. The van der Waals surface area contributed by atoms with E-state index in [1.807, 2.05) is 0 Å². The highest BCUT2D eigenvalue weighted by Gasteiger charge is 2.20. The molecule has 1 rings (SSSR count). The van der Waals surface area contributed by atoms with Gasteiger partial charge in [0.05, 0.1) is 6.61 Å². The highest BCUT2D eigenvalue weighted by atomic mass is 16.5. The standard InChI is InChI=1S/C11H24N2O/c1-10(8-12-11-4-5-11)9-13(2)6-7-14-3/h10-12H,4-9H2,1-3H3. The molecule has 0 aromatic heterocycles. The molecule has 0 aromatic rings. The molecule has 1 aliphatic carbocycles. The summed E-state index contributed by atoms with van der Waals surface area (Å²) in [4.78, 5) is 2.34. The average Bonchev–Trinajstić information content (AvgIpc) is 2.95. The minimum absolute atomic E-state index is 0.734. The number of rotatable bonds is 8. The van der Waals surface area contributed by atoms with E-state index in [0.717, 1.165) is 38.2 Å². The lowest BCUT2D eigenvalue weighted by Gasteiger charge is -2.21. The zero-order valence-corrected chi connectivity index (χ0v) is 9.75. The first-order chi connectivity index (χ1) is 6.72. The molecule has 1 unspecified atom stereocenters. The molecule has 84 valence electrons. The van der Waals surface area contributed by atoms with Gasteiger partial charge in [0.15, 0.2) is 0 Å². The Labute approximate surface area is 87.8 Å². The summed E-state index contributed by atoms with van der Waals surface area (Å²) in [5, 5.41) is 3.56. The van der Waals surface area contributed by atoms with Crippen LogP contribution in [0, 0.1) is 5.92 Å². The van der Waals surface area contributed by atoms with Crippen LogP contribution in [0.25, 0.3) is 0 Å². The highest BCUT2D eigenvalue weighted by molar-refractivity contribution is 4.81. The maximum absolute atomic E-state index is 5.04. The molecule has 3 heteroatoms. The second kappa shape index (κ2) is 6.38. The van der Waals surface area contributed by atoms with Crippen molar-refractivity contribution in [3.63, 3.8) is 0 Å². The van der Waals surface area contributed by atoms with Crippen LogP contribution in [0.3, 0.4) is 0 Å². The van der Waals surface area contributed by atoms with E-state index in [1.54, 1.807) is 7.11 Å². The summed E-state index contributed by atoms with van der Waals surface area (Å²) in [7, 11) is 3.92. The lowest BCUT2D eigenvalue weighted by molar-refractivity contribution is 0.153. The SMILES string of the molecule is COCCN(C)CC(C)CNC1CC1. The van der Waals surface area contributed by atoms with Crippen molar-refractivity contribution in [2.45, 2.75) is 25.8 Å². The van der Waals surface area contributed by atoms with Crippen molar-refractivity contribution in [3.05, 3.63) is 0 Å². The quantitative estimate of drug-likeness (QED) is 0.631. The molecule has 1 fully saturated rings. The largest absolute Gasteiger partial charge is 0.383 e. The summed E-state index contributed by atoms with van der Waals surface area (Å²) in [5.41, 5.74) is 0. The molecule has 0 amide bonds. The van der Waals surface area contributed by atoms with Gasteiger partial charge in [-0.25, -0.2) is 0 Å². The third kappa shape index (κ3) is 5.58. The van der Waals surface area contributed by atoms with E-state index in [9.17, 15) is 0 Å². The number of hydrogen-bond acceptors (Lipinski definition) is 3. The summed E-state index contributed by atoms with van der Waals surface area (Å²) in [6.45, 7) is 6.48. The van der Waals surface area contributed by atoms with Crippen LogP contribution in [0.15, 0.2) is 0 Å². The maximum Gasteiger partial charge on any atom is 0.0589 e. The van der Waals surface area contributed by atoms with Crippen LogP contribution in [0.5, 0.6) is 0 Å².